The van der Waals surface area contributed by atoms with Crippen molar-refractivity contribution >= 4 is 5.97 Å². The maximum Gasteiger partial charge on any atom is 0.347 e. The van der Waals surface area contributed by atoms with Crippen LogP contribution in [0, 0.1) is 0 Å². The molecule has 152 valence electrons. The predicted octanol–water partition coefficient (Wildman–Crippen LogP) is 3.77. The van der Waals surface area contributed by atoms with E-state index in [1.54, 1.807) is 24.3 Å². The van der Waals surface area contributed by atoms with E-state index in [1.807, 2.05) is 36.4 Å². The van der Waals surface area contributed by atoms with Gasteiger partial charge in [0, 0.05) is 38.5 Å². The molecule has 2 aromatic rings. The molecule has 2 bridgehead atoms. The van der Waals surface area contributed by atoms with Gasteiger partial charge >= 0.3 is 5.97 Å². The first-order valence-electron chi connectivity index (χ1n) is 11.0. The van der Waals surface area contributed by atoms with E-state index >= 15 is 0 Å². The van der Waals surface area contributed by atoms with Crippen molar-refractivity contribution in [2.24, 2.45) is 0 Å². The van der Waals surface area contributed by atoms with Crippen LogP contribution in [0.2, 0.25) is 0 Å². The van der Waals surface area contributed by atoms with Crippen molar-refractivity contribution in [1.82, 2.24) is 0 Å². The average Bonchev–Trinajstić information content (AvgIpc) is 3.31. The maximum atomic E-state index is 13.4. The lowest BCUT2D eigenvalue weighted by Gasteiger charge is -2.47. The molecule has 0 aromatic heterocycles. The summed E-state index contributed by atoms with van der Waals surface area (Å²) in [7, 11) is 0. The van der Waals surface area contributed by atoms with Crippen molar-refractivity contribution in [3.05, 3.63) is 71.8 Å². The Kier molecular flexibility index (Phi) is 4.72. The number of carbonyl (C=O) groups is 1. The largest absolute Gasteiger partial charge is 0.459 e. The van der Waals surface area contributed by atoms with Crippen LogP contribution in [0.3, 0.4) is 0 Å². The second-order valence-electron chi connectivity index (χ2n) is 9.08. The number of benzene rings is 2. The number of rotatable bonds is 4. The van der Waals surface area contributed by atoms with Gasteiger partial charge < -0.3 is 14.3 Å². The van der Waals surface area contributed by atoms with Gasteiger partial charge in [-0.15, -0.1) is 0 Å². The molecule has 29 heavy (non-hydrogen) atoms. The first kappa shape index (κ1) is 18.8. The fourth-order valence-corrected chi connectivity index (χ4v) is 6.30. The van der Waals surface area contributed by atoms with E-state index in [2.05, 4.69) is 0 Å². The lowest BCUT2D eigenvalue weighted by molar-refractivity contribution is -0.956. The molecule has 3 aliphatic rings. The smallest absolute Gasteiger partial charge is 0.347 e. The Hall–Kier alpha value is -2.17. The molecule has 2 aromatic carbocycles. The molecule has 0 amide bonds. The minimum absolute atomic E-state index is 0.0942. The summed E-state index contributed by atoms with van der Waals surface area (Å²) in [5.74, 6) is -0.547. The molecule has 0 aliphatic carbocycles. The van der Waals surface area contributed by atoms with E-state index in [4.69, 9.17) is 4.74 Å². The highest BCUT2D eigenvalue weighted by atomic mass is 16.6. The molecule has 3 heterocycles. The zero-order valence-corrected chi connectivity index (χ0v) is 16.9. The molecule has 3 saturated heterocycles. The second kappa shape index (κ2) is 7.26. The maximum absolute atomic E-state index is 13.4. The summed E-state index contributed by atoms with van der Waals surface area (Å²) in [5, 5.41) is 11.6. The van der Waals surface area contributed by atoms with Crippen LogP contribution >= 0.6 is 0 Å². The van der Waals surface area contributed by atoms with Crippen molar-refractivity contribution in [2.45, 2.75) is 62.3 Å². The normalized spacial score (nSPS) is 27.8. The zero-order valence-electron chi connectivity index (χ0n) is 16.9. The van der Waals surface area contributed by atoms with E-state index in [-0.39, 0.29) is 6.10 Å². The van der Waals surface area contributed by atoms with Gasteiger partial charge in [-0.2, -0.15) is 0 Å². The molecule has 3 fully saturated rings. The molecule has 0 radical (unpaired) electrons. The zero-order chi connectivity index (χ0) is 19.9. The number of esters is 1. The monoisotopic (exact) mass is 392 g/mol. The molecule has 0 saturated carbocycles. The van der Waals surface area contributed by atoms with E-state index in [1.165, 1.54) is 43.3 Å². The van der Waals surface area contributed by atoms with Crippen molar-refractivity contribution in [3.63, 3.8) is 0 Å². The van der Waals surface area contributed by atoms with Crippen LogP contribution in [0.15, 0.2) is 60.7 Å². The summed E-state index contributed by atoms with van der Waals surface area (Å²) in [5.41, 5.74) is -0.671. The molecule has 1 N–H and O–H groups in total. The van der Waals surface area contributed by atoms with E-state index in [9.17, 15) is 9.90 Å². The van der Waals surface area contributed by atoms with Gasteiger partial charge in [0.2, 0.25) is 5.60 Å². The molecule has 3 aliphatic heterocycles. The van der Waals surface area contributed by atoms with Crippen molar-refractivity contribution < 1.29 is 19.1 Å². The third-order valence-electron chi connectivity index (χ3n) is 7.71. The molecular formula is C25H30NO3+. The number of hydrogen-bond acceptors (Lipinski definition) is 3. The predicted molar refractivity (Wildman–Crippen MR) is 111 cm³/mol. The van der Waals surface area contributed by atoms with E-state index in [0.717, 1.165) is 12.8 Å². The van der Waals surface area contributed by atoms with Gasteiger partial charge in [-0.25, -0.2) is 4.79 Å². The van der Waals surface area contributed by atoms with Crippen LogP contribution in [-0.4, -0.2) is 46.8 Å². The topological polar surface area (TPSA) is 46.5 Å². The minimum atomic E-state index is -1.78. The van der Waals surface area contributed by atoms with Crippen LogP contribution in [0.25, 0.3) is 0 Å². The van der Waals surface area contributed by atoms with Gasteiger partial charge in [-0.1, -0.05) is 60.7 Å². The molecule has 5 rings (SSSR count). The number of piperidine rings is 1. The molecule has 1 spiro atoms. The number of nitrogens with zero attached hydrogens (tertiary/aromatic N) is 1. The van der Waals surface area contributed by atoms with Gasteiger partial charge in [0.15, 0.2) is 0 Å². The first-order valence-corrected chi connectivity index (χ1v) is 11.0. The molecule has 4 nitrogen and oxygen atoms in total. The van der Waals surface area contributed by atoms with E-state index in [0.29, 0.717) is 23.2 Å². The SMILES string of the molecule is O=C(OC1CC2CC[C@@H](C1)[N+]21CCCC1)C(O)(c1ccccc1)c1ccccc1. The summed E-state index contributed by atoms with van der Waals surface area (Å²) in [6, 6.07) is 19.6. The number of quaternary nitrogens is 1. The Bertz CT molecular complexity index is 805. The van der Waals surface area contributed by atoms with Gasteiger partial charge in [-0.3, -0.25) is 0 Å². The number of aliphatic hydroxyl groups is 1. The average molecular weight is 393 g/mol. The van der Waals surface area contributed by atoms with Crippen LogP contribution in [0.4, 0.5) is 0 Å². The highest BCUT2D eigenvalue weighted by Gasteiger charge is 2.56. The minimum Gasteiger partial charge on any atom is -0.459 e. The van der Waals surface area contributed by atoms with Crippen molar-refractivity contribution in [3.8, 4) is 0 Å². The fraction of sp³-hybridized carbons (Fsp3) is 0.480. The van der Waals surface area contributed by atoms with Crippen LogP contribution in [0.1, 0.15) is 49.7 Å². The van der Waals surface area contributed by atoms with Gasteiger partial charge in [0.1, 0.15) is 6.10 Å². The fourth-order valence-electron chi connectivity index (χ4n) is 6.30. The Labute approximate surface area is 172 Å². The van der Waals surface area contributed by atoms with Crippen LogP contribution < -0.4 is 0 Å². The summed E-state index contributed by atoms with van der Waals surface area (Å²) in [6.45, 7) is 2.60. The lowest BCUT2D eigenvalue weighted by atomic mass is 9.86. The molecule has 3 atom stereocenters. The number of carbonyl (C=O) groups excluding carboxylic acids is 1. The summed E-state index contributed by atoms with van der Waals surface area (Å²) in [6.07, 6.45) is 6.94. The quantitative estimate of drug-likeness (QED) is 0.636. The molecular weight excluding hydrogens is 362 g/mol. The standard InChI is InChI=1S/C25H30NO3/c27-24(25(28,19-9-3-1-4-10-19)20-11-5-2-6-12-20)29-23-17-21-13-14-22(18-23)26(21)15-7-8-16-26/h1-6,9-12,21-23,28H,7-8,13-18H2/q+1/t21-,22?,23?/m0/s1. The van der Waals surface area contributed by atoms with E-state index < -0.39 is 11.6 Å². The molecule has 4 heteroatoms. The second-order valence-corrected chi connectivity index (χ2v) is 9.08. The van der Waals surface area contributed by atoms with Crippen LogP contribution in [-0.2, 0) is 15.1 Å². The first-order chi connectivity index (χ1) is 14.1. The van der Waals surface area contributed by atoms with Gasteiger partial charge in [0.05, 0.1) is 25.2 Å². The third-order valence-corrected chi connectivity index (χ3v) is 7.71. The van der Waals surface area contributed by atoms with Gasteiger partial charge in [0.25, 0.3) is 0 Å². The summed E-state index contributed by atoms with van der Waals surface area (Å²) < 4.78 is 7.32. The van der Waals surface area contributed by atoms with Crippen LogP contribution in [0.5, 0.6) is 0 Å². The van der Waals surface area contributed by atoms with Gasteiger partial charge in [-0.05, 0) is 11.1 Å². The lowest BCUT2D eigenvalue weighted by Crippen LogP contribution is -2.60. The summed E-state index contributed by atoms with van der Waals surface area (Å²) >= 11 is 0. The number of ether oxygens (including phenoxy) is 1. The summed E-state index contributed by atoms with van der Waals surface area (Å²) in [4.78, 5) is 13.4. The van der Waals surface area contributed by atoms with Crippen molar-refractivity contribution in [1.29, 1.82) is 0 Å². The highest BCUT2D eigenvalue weighted by Crippen LogP contribution is 2.46. The number of hydrogen-bond donors (Lipinski definition) is 1. The Balaban J connectivity index is 1.40. The third kappa shape index (κ3) is 3.01. The molecule has 2 unspecified atom stereocenters. The van der Waals surface area contributed by atoms with Crippen molar-refractivity contribution in [2.75, 3.05) is 13.1 Å². The Morgan fingerprint density at radius 1 is 0.862 bits per heavy atom. The Morgan fingerprint density at radius 3 is 1.83 bits per heavy atom. The Morgan fingerprint density at radius 2 is 1.34 bits per heavy atom. The highest BCUT2D eigenvalue weighted by molar-refractivity contribution is 5.85.